The maximum absolute atomic E-state index is 13.8. The minimum Gasteiger partial charge on any atom is -0.387 e. The molecule has 0 spiro atoms. The number of H-pyrrole nitrogens is 2. The lowest BCUT2D eigenvalue weighted by Gasteiger charge is -2.26. The molecule has 3 saturated heterocycles. The van der Waals surface area contributed by atoms with E-state index in [2.05, 4.69) is 53.8 Å². The molecule has 82 heavy (non-hydrogen) atoms. The lowest BCUT2D eigenvalue weighted by molar-refractivity contribution is -0.745. The number of anilines is 3. The average molecular weight is 1240 g/mol. The summed E-state index contributed by atoms with van der Waals surface area (Å²) in [6, 6.07) is 0. The summed E-state index contributed by atoms with van der Waals surface area (Å²) < 4.78 is 111. The summed E-state index contributed by atoms with van der Waals surface area (Å²) in [5.74, 6) is -2.53. The molecule has 450 valence electrons. The molecule has 3 aliphatic heterocycles. The second-order valence-electron chi connectivity index (χ2n) is 18.5. The van der Waals surface area contributed by atoms with E-state index in [4.69, 9.17) is 54.2 Å². The molecule has 0 aliphatic carbocycles. The number of nitrogens with one attached hydrogen (secondary N) is 3. The molecule has 3 aliphatic rings. The molecule has 40 nitrogen and oxygen atoms in total. The Labute approximate surface area is 457 Å². The predicted molar refractivity (Wildman–Crippen MR) is 269 cm³/mol. The number of phosphoric ester groups is 3. The normalized spacial score (nSPS) is 28.8. The van der Waals surface area contributed by atoms with Crippen molar-refractivity contribution in [1.29, 1.82) is 0 Å². The lowest BCUT2D eigenvalue weighted by Crippen LogP contribution is -2.45. The standard InChI is InChI=1S/C38H54N16O24P4/c1-4-5-6-42-19(55)7-15-16(73-34(23(15)56)54-14-51(2)22-31(54)48-38(41)50-33(22)60)8-71-80(63,64)77-82(67,68)78-81(65,66)72-10-18-26(27(69-3)36(75-18)52-12-45-20-28(39)43-11-44-29(20)52)76-79(61,62)70-9-17-24(57)25(58)35(74-17)53-13-46-21-30(53)47-37(40)49-32(21)59/h11-18,23-27,34-36,56-58H,4-10H2,1-3H3,(H12-,39,40,41,42,43,44,47,48,49,50,55,59,60,61,62,63,64,65,66,67,68)/p+1/t15-,16-,17-,18-,23-,24-,25-,26-,27-,34-,35-,36-/m1/s1. The second kappa shape index (κ2) is 23.8. The van der Waals surface area contributed by atoms with Crippen LogP contribution < -0.4 is 38.2 Å². The van der Waals surface area contributed by atoms with Gasteiger partial charge in [0.15, 0.2) is 41.4 Å². The largest absolute Gasteiger partial charge is 0.490 e. The van der Waals surface area contributed by atoms with E-state index in [1.807, 2.05) is 6.92 Å². The van der Waals surface area contributed by atoms with E-state index in [9.17, 15) is 67.5 Å². The van der Waals surface area contributed by atoms with E-state index in [-0.39, 0.29) is 57.8 Å². The molecule has 1 amide bonds. The van der Waals surface area contributed by atoms with Gasteiger partial charge in [-0.15, -0.1) is 0 Å². The maximum Gasteiger partial charge on any atom is 0.490 e. The number of phosphoric acid groups is 4. The highest BCUT2D eigenvalue weighted by molar-refractivity contribution is 7.66. The van der Waals surface area contributed by atoms with E-state index in [0.29, 0.717) is 6.42 Å². The number of aromatic nitrogens is 12. The number of hydrogen-bond acceptors (Lipinski definition) is 29. The molecule has 44 heteroatoms. The topological polar surface area (TPSA) is 571 Å². The number of amides is 1. The number of rotatable bonds is 24. The van der Waals surface area contributed by atoms with Crippen LogP contribution in [0.4, 0.5) is 17.7 Å². The molecule has 3 fully saturated rings. The maximum atomic E-state index is 13.8. The van der Waals surface area contributed by atoms with E-state index < -0.39 is 148 Å². The van der Waals surface area contributed by atoms with Crippen LogP contribution in [0, 0.1) is 5.92 Å². The van der Waals surface area contributed by atoms with Gasteiger partial charge >= 0.3 is 36.9 Å². The van der Waals surface area contributed by atoms with E-state index in [1.165, 1.54) is 27.1 Å². The molecule has 0 aromatic carbocycles. The summed E-state index contributed by atoms with van der Waals surface area (Å²) in [7, 11) is -21.0. The molecule has 0 saturated carbocycles. The van der Waals surface area contributed by atoms with Crippen LogP contribution in [-0.4, -0.2) is 177 Å². The van der Waals surface area contributed by atoms with E-state index in [0.717, 1.165) is 37.1 Å². The van der Waals surface area contributed by atoms with Crippen LogP contribution in [0.2, 0.25) is 0 Å². The van der Waals surface area contributed by atoms with Gasteiger partial charge in [-0.05, 0) is 6.42 Å². The Morgan fingerprint density at radius 3 is 2.04 bits per heavy atom. The average Bonchev–Trinajstić information content (AvgIpc) is 4.30. The number of methoxy groups -OCH3 is 1. The number of imidazole rings is 3. The van der Waals surface area contributed by atoms with Gasteiger partial charge < -0.3 is 76.4 Å². The quantitative estimate of drug-likeness (QED) is 0.0162. The molecule has 0 radical (unpaired) electrons. The number of nitrogens with two attached hydrogens (primary N) is 3. The zero-order chi connectivity index (χ0) is 59.4. The van der Waals surface area contributed by atoms with Crippen molar-refractivity contribution >= 4 is 88.4 Å². The number of carbonyl (C=O) groups excluding carboxylic acids is 1. The number of aliphatic hydroxyl groups is 3. The lowest BCUT2D eigenvalue weighted by atomic mass is 9.94. The van der Waals surface area contributed by atoms with Gasteiger partial charge in [0, 0.05) is 26.0 Å². The van der Waals surface area contributed by atoms with Crippen molar-refractivity contribution in [3.05, 3.63) is 46.0 Å². The Kier molecular flexibility index (Phi) is 17.7. The molecule has 9 heterocycles. The van der Waals surface area contributed by atoms with Crippen LogP contribution in [0.15, 0.2) is 34.9 Å². The van der Waals surface area contributed by atoms with Crippen LogP contribution >= 0.6 is 31.3 Å². The van der Waals surface area contributed by atoms with Gasteiger partial charge in [0.1, 0.15) is 54.6 Å². The van der Waals surface area contributed by atoms with Gasteiger partial charge in [0.25, 0.3) is 17.1 Å². The highest BCUT2D eigenvalue weighted by atomic mass is 31.3. The molecule has 6 aromatic heterocycles. The highest BCUT2D eigenvalue weighted by Crippen LogP contribution is 2.68. The van der Waals surface area contributed by atoms with E-state index in [1.54, 1.807) is 0 Å². The number of aromatic amines is 2. The number of hydrogen-bond donors (Lipinski definition) is 13. The Morgan fingerprint density at radius 2 is 1.35 bits per heavy atom. The molecule has 16 N–H and O–H groups in total. The van der Waals surface area contributed by atoms with Gasteiger partial charge in [-0.3, -0.25) is 56.1 Å². The first kappa shape index (κ1) is 60.9. The third-order valence-corrected chi connectivity index (χ3v) is 18.3. The molecule has 9 rings (SSSR count). The fourth-order valence-corrected chi connectivity index (χ4v) is 13.8. The monoisotopic (exact) mass is 1240 g/mol. The Bertz CT molecular complexity index is 3680. The summed E-state index contributed by atoms with van der Waals surface area (Å²) in [5.41, 5.74) is 15.6. The van der Waals surface area contributed by atoms with Crippen molar-refractivity contribution in [3.8, 4) is 0 Å². The Morgan fingerprint density at radius 1 is 0.744 bits per heavy atom. The minimum absolute atomic E-state index is 0.00505. The number of carbonyl (C=O) groups is 1. The van der Waals surface area contributed by atoms with Gasteiger partial charge in [-0.25, -0.2) is 42.8 Å². The third kappa shape index (κ3) is 12.9. The van der Waals surface area contributed by atoms with E-state index >= 15 is 0 Å². The van der Waals surface area contributed by atoms with Crippen molar-refractivity contribution in [2.75, 3.05) is 50.7 Å². The summed E-state index contributed by atoms with van der Waals surface area (Å²) in [4.78, 5) is 110. The van der Waals surface area contributed by atoms with Crippen molar-refractivity contribution < 1.29 is 108 Å². The van der Waals surface area contributed by atoms with Crippen molar-refractivity contribution in [3.63, 3.8) is 0 Å². The fourth-order valence-electron chi connectivity index (χ4n) is 9.32. The SMILES string of the molecule is CCCCNC(=O)C[C@H]1[C@@H](O)[C@H]([n+]2cn(C)c3c(=O)[nH]c(N)nc32)O[C@@H]1COP(=O)(O)OP(=O)(O)OP(=O)(O)OC[C@H]1O[C@@H](n2cnc3c(N)ncnc32)[C@H](OC)[C@@H]1OP(=O)(O)OC[C@H]1O[C@@H](n2cnc3c(=O)[nH]c(N)nc32)[C@H](O)[C@@H]1O. The number of aliphatic hydroxyl groups excluding tert-OH is 3. The van der Waals surface area contributed by atoms with Crippen molar-refractivity contribution in [2.45, 2.75) is 93.7 Å². The van der Waals surface area contributed by atoms with Gasteiger partial charge in [-0.2, -0.15) is 13.6 Å². The summed E-state index contributed by atoms with van der Waals surface area (Å²) in [6.07, 6.45) is -12.6. The van der Waals surface area contributed by atoms with Gasteiger partial charge in [0.05, 0.1) is 45.6 Å². The first-order valence-electron chi connectivity index (χ1n) is 24.2. The number of fused-ring (bicyclic) bond motifs is 3. The summed E-state index contributed by atoms with van der Waals surface area (Å²) >= 11 is 0. The number of nitrogens with zero attached hydrogens (tertiary/aromatic N) is 10. The Hall–Kier alpha value is -5.64. The zero-order valence-electron chi connectivity index (χ0n) is 42.8. The summed E-state index contributed by atoms with van der Waals surface area (Å²) in [6.45, 7) is -1.18. The van der Waals surface area contributed by atoms with Crippen LogP contribution in [0.1, 0.15) is 44.9 Å². The van der Waals surface area contributed by atoms with Crippen LogP contribution in [-0.2, 0) is 75.8 Å². The molecule has 16 atom stereocenters. The number of ether oxygens (including phenoxy) is 4. The van der Waals surface area contributed by atoms with Crippen LogP contribution in [0.5, 0.6) is 0 Å². The van der Waals surface area contributed by atoms with Crippen LogP contribution in [0.25, 0.3) is 33.5 Å². The molecular formula is C38H55N16O24P4+. The zero-order valence-corrected chi connectivity index (χ0v) is 46.3. The van der Waals surface area contributed by atoms with Gasteiger partial charge in [-0.1, -0.05) is 18.3 Å². The number of unbranched alkanes of at least 4 members (excludes halogenated alkanes) is 1. The molecule has 4 unspecified atom stereocenters. The Balaban J connectivity index is 0.877. The van der Waals surface area contributed by atoms with Gasteiger partial charge in [0.2, 0.25) is 23.6 Å². The first-order chi connectivity index (χ1) is 38.6. The fraction of sp³-hybridized carbons (Fsp3) is 0.579. The molecular weight excluding hydrogens is 1190 g/mol. The second-order valence-corrected chi connectivity index (χ2v) is 24.6. The highest BCUT2D eigenvalue weighted by Gasteiger charge is 2.54. The first-order valence-corrected chi connectivity index (χ1v) is 30.2. The number of nitrogen functional groups attached to an aromatic ring is 3. The number of aryl methyl sites for hydroxylation is 1. The van der Waals surface area contributed by atoms with Crippen molar-refractivity contribution in [2.24, 2.45) is 13.0 Å². The molecule has 6 aromatic rings. The van der Waals surface area contributed by atoms with Crippen LogP contribution in [0.3, 0.4) is 0 Å². The smallest absolute Gasteiger partial charge is 0.387 e. The third-order valence-electron chi connectivity index (χ3n) is 13.0. The molecule has 0 bridgehead atoms. The van der Waals surface area contributed by atoms with Crippen molar-refractivity contribution in [1.82, 2.24) is 58.9 Å². The minimum atomic E-state index is -6.24. The summed E-state index contributed by atoms with van der Waals surface area (Å²) in [5, 5.41) is 36.0. The predicted octanol–water partition coefficient (Wildman–Crippen LogP) is -3.15.